The van der Waals surface area contributed by atoms with Crippen LogP contribution in [0.1, 0.15) is 21.5 Å². The van der Waals surface area contributed by atoms with E-state index in [-0.39, 0.29) is 22.4 Å². The number of carbonyl (C=O) groups excluding carboxylic acids is 3. The van der Waals surface area contributed by atoms with Gasteiger partial charge in [-0.1, -0.05) is 23.7 Å². The Morgan fingerprint density at radius 2 is 1.61 bits per heavy atom. The molecule has 0 unspecified atom stereocenters. The number of imide groups is 1. The zero-order valence-corrected chi connectivity index (χ0v) is 18.6. The SMILES string of the molecule is Cc1ccc(N2C(=O)C(Cl)=C(Nc3cccc(C(=O)Nc4ccc(O)cc4)c3)C2=O)cc1C. The molecule has 0 atom stereocenters. The number of carbonyl (C=O) groups is 3. The van der Waals surface area contributed by atoms with Crippen LogP contribution < -0.4 is 15.5 Å². The van der Waals surface area contributed by atoms with Gasteiger partial charge in [-0.3, -0.25) is 14.4 Å². The molecule has 0 saturated heterocycles. The number of nitrogens with one attached hydrogen (secondary N) is 2. The standard InChI is InChI=1S/C25H20ClN3O4/c1-14-6-9-19(12-15(14)2)29-24(32)21(26)22(25(29)33)27-18-5-3-4-16(13-18)23(31)28-17-7-10-20(30)11-8-17/h3-13,27,30H,1-2H3,(H,28,31). The lowest BCUT2D eigenvalue weighted by Gasteiger charge is -2.16. The van der Waals surface area contributed by atoms with Crippen LogP contribution in [0.15, 0.2) is 77.5 Å². The first-order valence-electron chi connectivity index (χ1n) is 10.1. The van der Waals surface area contributed by atoms with E-state index in [4.69, 9.17) is 11.6 Å². The second kappa shape index (κ2) is 8.80. The summed E-state index contributed by atoms with van der Waals surface area (Å²) in [5, 5.41) is 14.8. The van der Waals surface area contributed by atoms with Crippen LogP contribution in [-0.4, -0.2) is 22.8 Å². The fraction of sp³-hybridized carbons (Fsp3) is 0.0800. The summed E-state index contributed by atoms with van der Waals surface area (Å²) in [6, 6.07) is 17.8. The Bertz CT molecular complexity index is 1320. The summed E-state index contributed by atoms with van der Waals surface area (Å²) in [4.78, 5) is 39.3. The van der Waals surface area contributed by atoms with Gasteiger partial charge in [0.1, 0.15) is 16.5 Å². The van der Waals surface area contributed by atoms with E-state index in [0.717, 1.165) is 16.0 Å². The number of phenolic OH excluding ortho intramolecular Hbond substituents is 1. The van der Waals surface area contributed by atoms with Gasteiger partial charge in [0.15, 0.2) is 0 Å². The second-order valence-corrected chi connectivity index (χ2v) is 7.99. The van der Waals surface area contributed by atoms with Crippen LogP contribution in [0, 0.1) is 13.8 Å². The number of hydrogen-bond acceptors (Lipinski definition) is 5. The summed E-state index contributed by atoms with van der Waals surface area (Å²) in [5.41, 5.74) is 3.62. The fourth-order valence-electron chi connectivity index (χ4n) is 3.34. The molecule has 0 spiro atoms. The van der Waals surface area contributed by atoms with Gasteiger partial charge in [0.2, 0.25) is 0 Å². The van der Waals surface area contributed by atoms with Crippen molar-refractivity contribution < 1.29 is 19.5 Å². The topological polar surface area (TPSA) is 98.7 Å². The average molecular weight is 462 g/mol. The van der Waals surface area contributed by atoms with Gasteiger partial charge in [0.05, 0.1) is 5.69 Å². The molecule has 33 heavy (non-hydrogen) atoms. The van der Waals surface area contributed by atoms with Crippen molar-refractivity contribution in [1.29, 1.82) is 0 Å². The average Bonchev–Trinajstić information content (AvgIpc) is 3.00. The minimum absolute atomic E-state index is 0.0593. The number of aryl methyl sites for hydroxylation is 2. The predicted octanol–water partition coefficient (Wildman–Crippen LogP) is 4.70. The molecule has 0 saturated carbocycles. The van der Waals surface area contributed by atoms with E-state index in [0.29, 0.717) is 22.6 Å². The normalized spacial score (nSPS) is 13.5. The number of amides is 3. The molecule has 0 fully saturated rings. The molecule has 3 amide bonds. The molecule has 1 aliphatic rings. The Kier molecular flexibility index (Phi) is 5.89. The van der Waals surface area contributed by atoms with Gasteiger partial charge < -0.3 is 15.7 Å². The van der Waals surface area contributed by atoms with Gasteiger partial charge in [0.25, 0.3) is 17.7 Å². The number of aromatic hydroxyl groups is 1. The van der Waals surface area contributed by atoms with E-state index in [9.17, 15) is 19.5 Å². The Morgan fingerprint density at radius 1 is 0.879 bits per heavy atom. The molecule has 0 aromatic heterocycles. The quantitative estimate of drug-likeness (QED) is 0.378. The van der Waals surface area contributed by atoms with Crippen molar-refractivity contribution in [2.75, 3.05) is 15.5 Å². The van der Waals surface area contributed by atoms with Crippen molar-refractivity contribution in [3.05, 3.63) is 94.1 Å². The van der Waals surface area contributed by atoms with Crippen molar-refractivity contribution >= 4 is 46.4 Å². The summed E-state index contributed by atoms with van der Waals surface area (Å²) in [7, 11) is 0. The molecule has 1 heterocycles. The first-order chi connectivity index (χ1) is 15.7. The number of nitrogens with zero attached hydrogens (tertiary/aromatic N) is 1. The summed E-state index contributed by atoms with van der Waals surface area (Å²) >= 11 is 6.22. The smallest absolute Gasteiger partial charge is 0.283 e. The molecule has 0 radical (unpaired) electrons. The number of phenols is 1. The second-order valence-electron chi connectivity index (χ2n) is 7.61. The lowest BCUT2D eigenvalue weighted by Crippen LogP contribution is -2.32. The van der Waals surface area contributed by atoms with E-state index in [1.165, 1.54) is 12.1 Å². The first kappa shape index (κ1) is 22.1. The third-order valence-corrected chi connectivity index (χ3v) is 5.65. The van der Waals surface area contributed by atoms with Crippen molar-refractivity contribution in [1.82, 2.24) is 0 Å². The summed E-state index contributed by atoms with van der Waals surface area (Å²) in [6.07, 6.45) is 0. The summed E-state index contributed by atoms with van der Waals surface area (Å²) in [5.74, 6) is -1.48. The van der Waals surface area contributed by atoms with Crippen molar-refractivity contribution in [2.45, 2.75) is 13.8 Å². The summed E-state index contributed by atoms with van der Waals surface area (Å²) in [6.45, 7) is 3.84. The third-order valence-electron chi connectivity index (χ3n) is 5.30. The van der Waals surface area contributed by atoms with Gasteiger partial charge in [-0.15, -0.1) is 0 Å². The molecule has 4 rings (SSSR count). The van der Waals surface area contributed by atoms with E-state index in [1.807, 2.05) is 19.9 Å². The third kappa shape index (κ3) is 4.44. The van der Waals surface area contributed by atoms with E-state index in [1.54, 1.807) is 48.5 Å². The number of rotatable bonds is 5. The molecule has 8 heteroatoms. The van der Waals surface area contributed by atoms with Gasteiger partial charge >= 0.3 is 0 Å². The number of hydrogen-bond donors (Lipinski definition) is 3. The highest BCUT2D eigenvalue weighted by Crippen LogP contribution is 2.31. The monoisotopic (exact) mass is 461 g/mol. The number of anilines is 3. The Labute approximate surface area is 195 Å². The molecular weight excluding hydrogens is 442 g/mol. The highest BCUT2D eigenvalue weighted by atomic mass is 35.5. The number of benzene rings is 3. The lowest BCUT2D eigenvalue weighted by atomic mass is 10.1. The van der Waals surface area contributed by atoms with Crippen molar-refractivity contribution in [2.24, 2.45) is 0 Å². The fourth-order valence-corrected chi connectivity index (χ4v) is 3.55. The maximum atomic E-state index is 13.0. The number of halogens is 1. The van der Waals surface area contributed by atoms with Crippen LogP contribution >= 0.6 is 11.6 Å². The first-order valence-corrected chi connectivity index (χ1v) is 10.5. The van der Waals surface area contributed by atoms with Crippen molar-refractivity contribution in [3.8, 4) is 5.75 Å². The van der Waals surface area contributed by atoms with E-state index >= 15 is 0 Å². The molecular formula is C25H20ClN3O4. The molecule has 166 valence electrons. The zero-order valence-electron chi connectivity index (χ0n) is 17.8. The Morgan fingerprint density at radius 3 is 2.30 bits per heavy atom. The van der Waals surface area contributed by atoms with Crippen LogP contribution in [0.5, 0.6) is 5.75 Å². The van der Waals surface area contributed by atoms with E-state index < -0.39 is 11.8 Å². The zero-order chi connectivity index (χ0) is 23.7. The van der Waals surface area contributed by atoms with Crippen molar-refractivity contribution in [3.63, 3.8) is 0 Å². The molecule has 3 aromatic carbocycles. The van der Waals surface area contributed by atoms with Crippen LogP contribution in [0.3, 0.4) is 0 Å². The lowest BCUT2D eigenvalue weighted by molar-refractivity contribution is -0.120. The molecule has 3 N–H and O–H groups in total. The van der Waals surface area contributed by atoms with Gasteiger partial charge in [0, 0.05) is 16.9 Å². The Hall–Kier alpha value is -4.10. The van der Waals surface area contributed by atoms with Crippen LogP contribution in [0.25, 0.3) is 0 Å². The van der Waals surface area contributed by atoms with Crippen LogP contribution in [-0.2, 0) is 9.59 Å². The molecule has 0 bridgehead atoms. The van der Waals surface area contributed by atoms with Gasteiger partial charge in [-0.05, 0) is 79.6 Å². The van der Waals surface area contributed by atoms with Crippen LogP contribution in [0.2, 0.25) is 0 Å². The molecule has 7 nitrogen and oxygen atoms in total. The molecule has 3 aromatic rings. The maximum Gasteiger partial charge on any atom is 0.283 e. The largest absolute Gasteiger partial charge is 0.508 e. The minimum Gasteiger partial charge on any atom is -0.508 e. The van der Waals surface area contributed by atoms with Crippen LogP contribution in [0.4, 0.5) is 17.1 Å². The Balaban J connectivity index is 1.54. The minimum atomic E-state index is -0.617. The molecule has 1 aliphatic heterocycles. The summed E-state index contributed by atoms with van der Waals surface area (Å²) < 4.78 is 0. The predicted molar refractivity (Wildman–Crippen MR) is 127 cm³/mol. The van der Waals surface area contributed by atoms with Gasteiger partial charge in [-0.25, -0.2) is 4.90 Å². The van der Waals surface area contributed by atoms with E-state index in [2.05, 4.69) is 10.6 Å². The molecule has 0 aliphatic carbocycles. The van der Waals surface area contributed by atoms with Gasteiger partial charge in [-0.2, -0.15) is 0 Å². The highest BCUT2D eigenvalue weighted by Gasteiger charge is 2.39. The maximum absolute atomic E-state index is 13.0. The highest BCUT2D eigenvalue weighted by molar-refractivity contribution is 6.53.